The Balaban J connectivity index is 3.12. The monoisotopic (exact) mass is 153 g/mol. The van der Waals surface area contributed by atoms with Crippen LogP contribution in [-0.2, 0) is 6.61 Å². The van der Waals surface area contributed by atoms with Crippen molar-refractivity contribution < 1.29 is 15.0 Å². The average molecular weight is 153 g/mol. The zero-order chi connectivity index (χ0) is 8.27. The molecule has 0 unspecified atom stereocenters. The highest BCUT2D eigenvalue weighted by atomic mass is 16.4. The molecule has 1 aromatic rings. The van der Waals surface area contributed by atoms with Gasteiger partial charge in [0, 0.05) is 11.8 Å². The van der Waals surface area contributed by atoms with Crippen LogP contribution in [0.5, 0.6) is 0 Å². The first kappa shape index (κ1) is 7.68. The van der Waals surface area contributed by atoms with Crippen LogP contribution >= 0.6 is 0 Å². The number of hydrogen-bond donors (Lipinski definition) is 2. The van der Waals surface area contributed by atoms with Gasteiger partial charge in [0.05, 0.1) is 6.61 Å². The molecule has 1 aromatic heterocycles. The molecule has 4 heteroatoms. The number of aromatic nitrogens is 1. The number of carboxylic acid groups (broad SMARTS) is 1. The fourth-order valence-corrected chi connectivity index (χ4v) is 0.759. The van der Waals surface area contributed by atoms with Crippen molar-refractivity contribution in [2.24, 2.45) is 0 Å². The summed E-state index contributed by atoms with van der Waals surface area (Å²) in [5, 5.41) is 17.2. The normalized spacial score (nSPS) is 9.55. The molecule has 1 rings (SSSR count). The highest BCUT2D eigenvalue weighted by Gasteiger charge is 2.08. The number of pyridine rings is 1. The Kier molecular flexibility index (Phi) is 2.18. The molecule has 0 aliphatic heterocycles. The molecule has 0 saturated carbocycles. The highest BCUT2D eigenvalue weighted by Crippen LogP contribution is 2.03. The Labute approximate surface area is 63.1 Å². The topological polar surface area (TPSA) is 70.4 Å². The Hall–Kier alpha value is -1.42. The lowest BCUT2D eigenvalue weighted by molar-refractivity contribution is 0.0686. The molecule has 0 atom stereocenters. The lowest BCUT2D eigenvalue weighted by Crippen LogP contribution is -2.04. The average Bonchev–Trinajstić information content (AvgIpc) is 2.04. The zero-order valence-electron chi connectivity index (χ0n) is 5.69. The van der Waals surface area contributed by atoms with E-state index >= 15 is 0 Å². The van der Waals surface area contributed by atoms with E-state index in [0.717, 1.165) is 0 Å². The smallest absolute Gasteiger partial charge is 0.354 e. The van der Waals surface area contributed by atoms with Gasteiger partial charge in [-0.25, -0.2) is 9.78 Å². The predicted molar refractivity (Wildman–Crippen MR) is 37.1 cm³/mol. The number of carboxylic acids is 1. The van der Waals surface area contributed by atoms with Gasteiger partial charge in [0.1, 0.15) is 0 Å². The predicted octanol–water partition coefficient (Wildman–Crippen LogP) is 0.272. The van der Waals surface area contributed by atoms with Gasteiger partial charge >= 0.3 is 5.97 Å². The number of nitrogens with zero attached hydrogens (tertiary/aromatic N) is 1. The van der Waals surface area contributed by atoms with Gasteiger partial charge in [0.15, 0.2) is 5.69 Å². The molecule has 0 spiro atoms. The van der Waals surface area contributed by atoms with E-state index in [1.165, 1.54) is 12.3 Å². The number of hydrogen-bond acceptors (Lipinski definition) is 3. The number of carbonyl (C=O) groups is 1. The molecule has 0 radical (unpaired) electrons. The van der Waals surface area contributed by atoms with E-state index in [9.17, 15) is 4.79 Å². The van der Waals surface area contributed by atoms with Crippen molar-refractivity contribution in [3.05, 3.63) is 29.6 Å². The van der Waals surface area contributed by atoms with Crippen molar-refractivity contribution in [1.82, 2.24) is 4.98 Å². The second-order valence-electron chi connectivity index (χ2n) is 1.97. The van der Waals surface area contributed by atoms with Crippen LogP contribution < -0.4 is 0 Å². The van der Waals surface area contributed by atoms with Crippen molar-refractivity contribution in [3.8, 4) is 0 Å². The van der Waals surface area contributed by atoms with Crippen LogP contribution in [0.3, 0.4) is 0 Å². The molecule has 1 heterocycles. The Morgan fingerprint density at radius 1 is 1.64 bits per heavy atom. The molecular weight excluding hydrogens is 146 g/mol. The molecule has 0 bridgehead atoms. The van der Waals surface area contributed by atoms with Crippen molar-refractivity contribution in [2.75, 3.05) is 0 Å². The molecule has 4 nitrogen and oxygen atoms in total. The van der Waals surface area contributed by atoms with Gasteiger partial charge in [0.25, 0.3) is 0 Å². The lowest BCUT2D eigenvalue weighted by atomic mass is 10.2. The quantitative estimate of drug-likeness (QED) is 0.639. The van der Waals surface area contributed by atoms with E-state index in [1.807, 2.05) is 0 Å². The van der Waals surface area contributed by atoms with Gasteiger partial charge in [-0.15, -0.1) is 0 Å². The molecule has 11 heavy (non-hydrogen) atoms. The third-order valence-electron chi connectivity index (χ3n) is 1.26. The molecule has 0 amide bonds. The van der Waals surface area contributed by atoms with Gasteiger partial charge in [-0.05, 0) is 6.07 Å². The first-order valence-electron chi connectivity index (χ1n) is 3.03. The van der Waals surface area contributed by atoms with Crippen LogP contribution in [0.4, 0.5) is 0 Å². The number of aliphatic hydroxyl groups is 1. The third kappa shape index (κ3) is 1.53. The highest BCUT2D eigenvalue weighted by molar-refractivity contribution is 5.86. The summed E-state index contributed by atoms with van der Waals surface area (Å²) in [4.78, 5) is 14.0. The minimum Gasteiger partial charge on any atom is -0.477 e. The maximum Gasteiger partial charge on any atom is 0.354 e. The molecule has 0 aliphatic rings. The van der Waals surface area contributed by atoms with E-state index in [-0.39, 0.29) is 12.3 Å². The third-order valence-corrected chi connectivity index (χ3v) is 1.26. The van der Waals surface area contributed by atoms with E-state index in [1.54, 1.807) is 6.07 Å². The van der Waals surface area contributed by atoms with E-state index in [0.29, 0.717) is 5.56 Å². The van der Waals surface area contributed by atoms with Crippen LogP contribution in [0.1, 0.15) is 16.1 Å². The van der Waals surface area contributed by atoms with Crippen molar-refractivity contribution in [3.63, 3.8) is 0 Å². The van der Waals surface area contributed by atoms with Crippen molar-refractivity contribution in [2.45, 2.75) is 6.61 Å². The molecule has 58 valence electrons. The Morgan fingerprint density at radius 2 is 2.36 bits per heavy atom. The molecule has 2 N–H and O–H groups in total. The van der Waals surface area contributed by atoms with Gasteiger partial charge in [0.2, 0.25) is 0 Å². The number of aliphatic hydroxyl groups excluding tert-OH is 1. The van der Waals surface area contributed by atoms with Gasteiger partial charge in [-0.2, -0.15) is 0 Å². The number of aromatic carboxylic acids is 1. The van der Waals surface area contributed by atoms with E-state index in [4.69, 9.17) is 10.2 Å². The number of rotatable bonds is 2. The molecule has 0 aromatic carbocycles. The SMILES string of the molecule is O=C(O)c1ncccc1CO. The summed E-state index contributed by atoms with van der Waals surface area (Å²) in [7, 11) is 0. The summed E-state index contributed by atoms with van der Waals surface area (Å²) in [6.45, 7) is -0.296. The maximum absolute atomic E-state index is 10.4. The van der Waals surface area contributed by atoms with Crippen LogP contribution in [-0.4, -0.2) is 21.2 Å². The summed E-state index contributed by atoms with van der Waals surface area (Å²) < 4.78 is 0. The van der Waals surface area contributed by atoms with E-state index < -0.39 is 5.97 Å². The first-order chi connectivity index (χ1) is 5.25. The summed E-state index contributed by atoms with van der Waals surface area (Å²) >= 11 is 0. The summed E-state index contributed by atoms with van der Waals surface area (Å²) in [6, 6.07) is 3.11. The largest absolute Gasteiger partial charge is 0.477 e. The lowest BCUT2D eigenvalue weighted by Gasteiger charge is -1.98. The van der Waals surface area contributed by atoms with Crippen LogP contribution in [0.15, 0.2) is 18.3 Å². The van der Waals surface area contributed by atoms with Crippen molar-refractivity contribution >= 4 is 5.97 Å². The summed E-state index contributed by atoms with van der Waals surface area (Å²) in [5.41, 5.74) is 0.245. The standard InChI is InChI=1S/C7H7NO3/c9-4-5-2-1-3-8-6(5)7(10)11/h1-3,9H,4H2,(H,10,11). The Bertz CT molecular complexity index is 272. The Morgan fingerprint density at radius 3 is 2.82 bits per heavy atom. The summed E-state index contributed by atoms with van der Waals surface area (Å²) in [5.74, 6) is -1.12. The van der Waals surface area contributed by atoms with Gasteiger partial charge < -0.3 is 10.2 Å². The van der Waals surface area contributed by atoms with Crippen molar-refractivity contribution in [1.29, 1.82) is 0 Å². The van der Waals surface area contributed by atoms with E-state index in [2.05, 4.69) is 4.98 Å². The fraction of sp³-hybridized carbons (Fsp3) is 0.143. The maximum atomic E-state index is 10.4. The van der Waals surface area contributed by atoms with Gasteiger partial charge in [-0.1, -0.05) is 6.07 Å². The minimum atomic E-state index is -1.12. The first-order valence-corrected chi connectivity index (χ1v) is 3.03. The summed E-state index contributed by atoms with van der Waals surface area (Å²) in [6.07, 6.45) is 1.38. The van der Waals surface area contributed by atoms with Crippen LogP contribution in [0, 0.1) is 0 Å². The molecule has 0 fully saturated rings. The second kappa shape index (κ2) is 3.12. The second-order valence-corrected chi connectivity index (χ2v) is 1.97. The molecular formula is C7H7NO3. The minimum absolute atomic E-state index is 0.0880. The van der Waals surface area contributed by atoms with Crippen LogP contribution in [0.2, 0.25) is 0 Å². The fourth-order valence-electron chi connectivity index (χ4n) is 0.759. The molecule has 0 saturated heterocycles. The molecule has 0 aliphatic carbocycles. The van der Waals surface area contributed by atoms with Crippen LogP contribution in [0.25, 0.3) is 0 Å². The van der Waals surface area contributed by atoms with Gasteiger partial charge in [-0.3, -0.25) is 0 Å². The zero-order valence-corrected chi connectivity index (χ0v) is 5.69.